The van der Waals surface area contributed by atoms with Gasteiger partial charge in [-0.05, 0) is 154 Å². The van der Waals surface area contributed by atoms with Gasteiger partial charge < -0.3 is 14.2 Å². The fraction of sp³-hybridized carbons (Fsp3) is 0.592. The summed E-state index contributed by atoms with van der Waals surface area (Å²) >= 11 is 0. The van der Waals surface area contributed by atoms with E-state index in [0.717, 1.165) is 135 Å². The van der Waals surface area contributed by atoms with E-state index < -0.39 is 6.10 Å². The predicted octanol–water partition coefficient (Wildman–Crippen LogP) is 23.0. The molecule has 0 amide bonds. The van der Waals surface area contributed by atoms with Gasteiger partial charge in [-0.2, -0.15) is 0 Å². The van der Waals surface area contributed by atoms with Crippen molar-refractivity contribution < 1.29 is 28.6 Å². The quantitative estimate of drug-likeness (QED) is 0.0261. The molecule has 1 atom stereocenters. The Balaban J connectivity index is 4.55. The van der Waals surface area contributed by atoms with Crippen molar-refractivity contribution in [2.75, 3.05) is 13.2 Å². The third kappa shape index (κ3) is 65.6. The Labute approximate surface area is 504 Å². The monoisotopic (exact) mass is 1130 g/mol. The number of ether oxygens (including phenoxy) is 3. The predicted molar refractivity (Wildman–Crippen MR) is 357 cm³/mol. The fourth-order valence-electron chi connectivity index (χ4n) is 8.54. The Morgan fingerprint density at radius 3 is 0.793 bits per heavy atom. The van der Waals surface area contributed by atoms with Crippen molar-refractivity contribution in [3.05, 3.63) is 170 Å². The van der Waals surface area contributed by atoms with Gasteiger partial charge in [0.15, 0.2) is 6.10 Å². The van der Waals surface area contributed by atoms with Gasteiger partial charge in [0, 0.05) is 19.3 Å². The van der Waals surface area contributed by atoms with Gasteiger partial charge in [-0.3, -0.25) is 14.4 Å². The highest BCUT2D eigenvalue weighted by molar-refractivity contribution is 5.71. The standard InChI is InChI=1S/C76H120O6/c1-4-7-10-13-16-19-22-25-28-31-34-35-36-37-38-39-40-41-43-45-48-51-54-57-60-63-66-69-75(78)81-72-73(71-80-74(77)68-65-62-59-56-53-50-47-44-33-30-27-24-21-18-15-12-9-6-3)82-76(79)70-67-64-61-58-55-52-49-46-42-32-29-26-23-20-17-14-11-8-5-2/h7-8,10-11,16-17,19-20,25-26,28-30,33-35,37-38,40-42,45-46,48,52,54-55,57,73H,4-6,9,12-15,18,21-24,27,31-32,36,39,43-44,47,49-51,53,56,58-72H2,1-3H3/b10-7-,11-8-,19-16-,20-17-,28-25-,29-26-,33-30-,35-34-,38-37-,41-40-,46-42-,48-45-,55-52-,57-54-. The Kier molecular flexibility index (Phi) is 63.9. The van der Waals surface area contributed by atoms with Crippen molar-refractivity contribution in [3.8, 4) is 0 Å². The lowest BCUT2D eigenvalue weighted by atomic mass is 10.1. The molecule has 6 heteroatoms. The van der Waals surface area contributed by atoms with Crippen LogP contribution in [0.1, 0.15) is 271 Å². The third-order valence-corrected chi connectivity index (χ3v) is 13.4. The van der Waals surface area contributed by atoms with Crippen LogP contribution in [0.3, 0.4) is 0 Å². The molecule has 460 valence electrons. The summed E-state index contributed by atoms with van der Waals surface area (Å²) in [4.78, 5) is 38.4. The fourth-order valence-corrected chi connectivity index (χ4v) is 8.54. The van der Waals surface area contributed by atoms with Gasteiger partial charge in [0.05, 0.1) is 0 Å². The summed E-state index contributed by atoms with van der Waals surface area (Å²) in [5.74, 6) is -1.00. The highest BCUT2D eigenvalue weighted by atomic mass is 16.6. The molecule has 0 saturated carbocycles. The minimum atomic E-state index is -0.827. The molecule has 0 N–H and O–H groups in total. The summed E-state index contributed by atoms with van der Waals surface area (Å²) in [6, 6.07) is 0. The second kappa shape index (κ2) is 68.3. The summed E-state index contributed by atoms with van der Waals surface area (Å²) in [6.45, 7) is 6.34. The molecule has 0 rings (SSSR count). The average molecular weight is 1130 g/mol. The van der Waals surface area contributed by atoms with Gasteiger partial charge >= 0.3 is 17.9 Å². The van der Waals surface area contributed by atoms with E-state index in [1.54, 1.807) is 0 Å². The van der Waals surface area contributed by atoms with E-state index in [0.29, 0.717) is 19.3 Å². The van der Waals surface area contributed by atoms with E-state index >= 15 is 0 Å². The lowest BCUT2D eigenvalue weighted by Gasteiger charge is -2.18. The molecule has 0 fully saturated rings. The van der Waals surface area contributed by atoms with Crippen LogP contribution in [0, 0.1) is 0 Å². The van der Waals surface area contributed by atoms with Crippen LogP contribution in [-0.2, 0) is 28.6 Å². The van der Waals surface area contributed by atoms with Gasteiger partial charge in [0.2, 0.25) is 0 Å². The molecule has 0 aromatic heterocycles. The highest BCUT2D eigenvalue weighted by Crippen LogP contribution is 2.14. The molecule has 82 heavy (non-hydrogen) atoms. The Bertz CT molecular complexity index is 1870. The minimum Gasteiger partial charge on any atom is -0.462 e. The molecule has 1 unspecified atom stereocenters. The third-order valence-electron chi connectivity index (χ3n) is 13.4. The number of carbonyl (C=O) groups is 3. The largest absolute Gasteiger partial charge is 0.462 e. The van der Waals surface area contributed by atoms with Crippen LogP contribution in [-0.4, -0.2) is 37.2 Å². The number of unbranched alkanes of at least 4 members (excludes halogenated alkanes) is 19. The number of rotatable bonds is 58. The van der Waals surface area contributed by atoms with Crippen LogP contribution in [0.5, 0.6) is 0 Å². The Morgan fingerprint density at radius 2 is 0.476 bits per heavy atom. The maximum absolute atomic E-state index is 12.9. The molecule has 0 aromatic rings. The number of allylic oxidation sites excluding steroid dienone is 28. The van der Waals surface area contributed by atoms with Crippen molar-refractivity contribution in [1.82, 2.24) is 0 Å². The van der Waals surface area contributed by atoms with Crippen molar-refractivity contribution in [2.24, 2.45) is 0 Å². The minimum absolute atomic E-state index is 0.115. The molecule has 0 bridgehead atoms. The molecule has 0 radical (unpaired) electrons. The van der Waals surface area contributed by atoms with Crippen LogP contribution < -0.4 is 0 Å². The van der Waals surface area contributed by atoms with Crippen molar-refractivity contribution in [1.29, 1.82) is 0 Å². The number of hydrogen-bond donors (Lipinski definition) is 0. The van der Waals surface area contributed by atoms with E-state index in [1.807, 2.05) is 0 Å². The van der Waals surface area contributed by atoms with Crippen LogP contribution in [0.2, 0.25) is 0 Å². The molecule has 0 aromatic carbocycles. The van der Waals surface area contributed by atoms with Crippen molar-refractivity contribution >= 4 is 17.9 Å². The lowest BCUT2D eigenvalue weighted by molar-refractivity contribution is -0.167. The van der Waals surface area contributed by atoms with Crippen molar-refractivity contribution in [2.45, 2.75) is 277 Å². The zero-order chi connectivity index (χ0) is 59.2. The van der Waals surface area contributed by atoms with Gasteiger partial charge in [0.1, 0.15) is 13.2 Å². The second-order valence-electron chi connectivity index (χ2n) is 21.3. The Hall–Kier alpha value is -5.23. The summed E-state index contributed by atoms with van der Waals surface area (Å²) in [6.07, 6.45) is 101. The van der Waals surface area contributed by atoms with Crippen LogP contribution in [0.25, 0.3) is 0 Å². The summed E-state index contributed by atoms with van der Waals surface area (Å²) in [7, 11) is 0. The zero-order valence-electron chi connectivity index (χ0n) is 52.7. The van der Waals surface area contributed by atoms with E-state index in [9.17, 15) is 14.4 Å². The maximum Gasteiger partial charge on any atom is 0.306 e. The van der Waals surface area contributed by atoms with E-state index in [-0.39, 0.29) is 44.0 Å². The summed E-state index contributed by atoms with van der Waals surface area (Å²) in [5, 5.41) is 0. The topological polar surface area (TPSA) is 78.9 Å². The van der Waals surface area contributed by atoms with E-state index in [4.69, 9.17) is 14.2 Å². The number of carbonyl (C=O) groups excluding carboxylic acids is 3. The zero-order valence-corrected chi connectivity index (χ0v) is 52.7. The van der Waals surface area contributed by atoms with Crippen LogP contribution >= 0.6 is 0 Å². The molecule has 0 saturated heterocycles. The first-order chi connectivity index (χ1) is 40.5. The van der Waals surface area contributed by atoms with Gasteiger partial charge in [-0.25, -0.2) is 0 Å². The first-order valence-corrected chi connectivity index (χ1v) is 33.1. The maximum atomic E-state index is 12.9. The summed E-state index contributed by atoms with van der Waals surface area (Å²) in [5.41, 5.74) is 0. The molecular formula is C76H120O6. The van der Waals surface area contributed by atoms with Gasteiger partial charge in [-0.15, -0.1) is 0 Å². The molecule has 0 spiro atoms. The smallest absolute Gasteiger partial charge is 0.306 e. The highest BCUT2D eigenvalue weighted by Gasteiger charge is 2.19. The van der Waals surface area contributed by atoms with E-state index in [1.165, 1.54) is 83.5 Å². The normalized spacial score (nSPS) is 13.3. The van der Waals surface area contributed by atoms with Gasteiger partial charge in [0.25, 0.3) is 0 Å². The summed E-state index contributed by atoms with van der Waals surface area (Å²) < 4.78 is 16.9. The molecule has 0 aliphatic carbocycles. The van der Waals surface area contributed by atoms with E-state index in [2.05, 4.69) is 191 Å². The van der Waals surface area contributed by atoms with Crippen LogP contribution in [0.4, 0.5) is 0 Å². The SMILES string of the molecule is CC/C=C\C/C=C\C/C=C\C/C=C\C/C=C\C/C=C\C/C=C\C/C=C\CCCCC(=O)OCC(COC(=O)CCCCCCCCC/C=C\CCCCCCCCC)OC(=O)CCCCC/C=C\C/C=C\C/C=C\C/C=C\C/C=C\CC. The number of hydrogen-bond acceptors (Lipinski definition) is 6. The van der Waals surface area contributed by atoms with Gasteiger partial charge in [-0.1, -0.05) is 268 Å². The Morgan fingerprint density at radius 1 is 0.256 bits per heavy atom. The molecule has 0 aliphatic heterocycles. The first-order valence-electron chi connectivity index (χ1n) is 33.1. The number of esters is 3. The molecule has 0 heterocycles. The van der Waals surface area contributed by atoms with Crippen molar-refractivity contribution in [3.63, 3.8) is 0 Å². The average Bonchev–Trinajstić information content (AvgIpc) is 3.47. The lowest BCUT2D eigenvalue weighted by Crippen LogP contribution is -2.30. The molecule has 6 nitrogen and oxygen atoms in total. The first kappa shape index (κ1) is 76.8. The van der Waals surface area contributed by atoms with Crippen LogP contribution in [0.15, 0.2) is 170 Å². The second-order valence-corrected chi connectivity index (χ2v) is 21.3. The molecule has 0 aliphatic rings. The molecular weight excluding hydrogens is 1010 g/mol.